The molecule has 1 heterocycles. The number of carbonyl (C=O) groups excluding carboxylic acids is 1. The van der Waals surface area contributed by atoms with Gasteiger partial charge in [-0.05, 0) is 56.4 Å². The Labute approximate surface area is 136 Å². The highest BCUT2D eigenvalue weighted by Crippen LogP contribution is 2.28. The van der Waals surface area contributed by atoms with E-state index in [1.807, 2.05) is 26.0 Å². The van der Waals surface area contributed by atoms with Crippen molar-refractivity contribution in [3.8, 4) is 0 Å². The lowest BCUT2D eigenvalue weighted by Crippen LogP contribution is -2.34. The maximum absolute atomic E-state index is 12.2. The van der Waals surface area contributed by atoms with Crippen LogP contribution in [-0.2, 0) is 4.74 Å². The molecule has 23 heavy (non-hydrogen) atoms. The van der Waals surface area contributed by atoms with Crippen molar-refractivity contribution in [2.75, 3.05) is 19.8 Å². The number of ether oxygens (including phenoxy) is 1. The third kappa shape index (κ3) is 3.92. The van der Waals surface area contributed by atoms with Gasteiger partial charge < -0.3 is 20.1 Å². The number of H-pyrrole nitrogens is 1. The molecular formula is C18H24N2O3. The Bertz CT molecular complexity index is 704. The Morgan fingerprint density at radius 3 is 2.96 bits per heavy atom. The number of hydrogen-bond donors (Lipinski definition) is 3. The predicted octanol–water partition coefficient (Wildman–Crippen LogP) is 2.30. The molecule has 1 saturated carbocycles. The molecule has 1 atom stereocenters. The first-order valence-electron chi connectivity index (χ1n) is 8.17. The first-order chi connectivity index (χ1) is 11.0. The number of fused-ring (bicyclic) bond motifs is 1. The van der Waals surface area contributed by atoms with Crippen molar-refractivity contribution in [1.29, 1.82) is 0 Å². The Hall–Kier alpha value is -1.85. The Morgan fingerprint density at radius 1 is 1.43 bits per heavy atom. The summed E-state index contributed by atoms with van der Waals surface area (Å²) in [5.74, 6) is 0.503. The normalized spacial score (nSPS) is 15.8. The van der Waals surface area contributed by atoms with Crippen LogP contribution >= 0.6 is 0 Å². The number of nitrogens with one attached hydrogen (secondary N) is 2. The molecule has 5 heteroatoms. The number of benzene rings is 1. The van der Waals surface area contributed by atoms with Gasteiger partial charge in [0.1, 0.15) is 0 Å². The Morgan fingerprint density at radius 2 is 2.22 bits per heavy atom. The lowest BCUT2D eigenvalue weighted by atomic mass is 10.1. The predicted molar refractivity (Wildman–Crippen MR) is 89.7 cm³/mol. The van der Waals surface area contributed by atoms with Crippen molar-refractivity contribution >= 4 is 16.8 Å². The SMILES string of the molecule is Cc1[nH]c2ccc(C(=O)NCC(O)COCC3CC3)cc2c1C. The number of aryl methyl sites for hydroxylation is 2. The fraction of sp³-hybridized carbons (Fsp3) is 0.500. The van der Waals surface area contributed by atoms with E-state index < -0.39 is 6.10 Å². The zero-order valence-corrected chi connectivity index (χ0v) is 13.7. The summed E-state index contributed by atoms with van der Waals surface area (Å²) in [5, 5.41) is 13.7. The largest absolute Gasteiger partial charge is 0.389 e. The smallest absolute Gasteiger partial charge is 0.251 e. The third-order valence-corrected chi connectivity index (χ3v) is 4.43. The molecule has 2 aromatic rings. The lowest BCUT2D eigenvalue weighted by molar-refractivity contribution is 0.0321. The van der Waals surface area contributed by atoms with Gasteiger partial charge >= 0.3 is 0 Å². The van der Waals surface area contributed by atoms with Crippen LogP contribution in [-0.4, -0.2) is 41.9 Å². The monoisotopic (exact) mass is 316 g/mol. The van der Waals surface area contributed by atoms with Crippen LogP contribution in [0.2, 0.25) is 0 Å². The molecule has 0 aliphatic heterocycles. The van der Waals surface area contributed by atoms with Crippen LogP contribution in [0.15, 0.2) is 18.2 Å². The van der Waals surface area contributed by atoms with E-state index >= 15 is 0 Å². The van der Waals surface area contributed by atoms with Crippen LogP contribution in [0.4, 0.5) is 0 Å². The number of aliphatic hydroxyl groups excluding tert-OH is 1. The van der Waals surface area contributed by atoms with E-state index in [0.29, 0.717) is 18.1 Å². The van der Waals surface area contributed by atoms with Gasteiger partial charge in [0.15, 0.2) is 0 Å². The van der Waals surface area contributed by atoms with E-state index in [-0.39, 0.29) is 19.1 Å². The van der Waals surface area contributed by atoms with Crippen molar-refractivity contribution in [3.63, 3.8) is 0 Å². The van der Waals surface area contributed by atoms with Crippen LogP contribution in [0.5, 0.6) is 0 Å². The van der Waals surface area contributed by atoms with Gasteiger partial charge in [-0.1, -0.05) is 0 Å². The van der Waals surface area contributed by atoms with Crippen molar-refractivity contribution in [2.24, 2.45) is 5.92 Å². The fourth-order valence-corrected chi connectivity index (χ4v) is 2.63. The van der Waals surface area contributed by atoms with E-state index in [1.54, 1.807) is 6.07 Å². The molecule has 124 valence electrons. The molecular weight excluding hydrogens is 292 g/mol. The van der Waals surface area contributed by atoms with E-state index in [2.05, 4.69) is 10.3 Å². The topological polar surface area (TPSA) is 74.4 Å². The summed E-state index contributed by atoms with van der Waals surface area (Å²) in [7, 11) is 0. The minimum atomic E-state index is -0.669. The number of aliphatic hydroxyl groups is 1. The van der Waals surface area contributed by atoms with Gasteiger partial charge in [0.05, 0.1) is 12.7 Å². The molecule has 0 spiro atoms. The van der Waals surface area contributed by atoms with Crippen LogP contribution in [0.25, 0.3) is 10.9 Å². The van der Waals surface area contributed by atoms with Gasteiger partial charge in [0.2, 0.25) is 0 Å². The summed E-state index contributed by atoms with van der Waals surface area (Å²) in [6.45, 7) is 5.25. The molecule has 0 saturated heterocycles. The van der Waals surface area contributed by atoms with Crippen LogP contribution < -0.4 is 5.32 Å². The number of hydrogen-bond acceptors (Lipinski definition) is 3. The van der Waals surface area contributed by atoms with E-state index in [1.165, 1.54) is 12.8 Å². The molecule has 1 amide bonds. The molecule has 1 aromatic heterocycles. The van der Waals surface area contributed by atoms with Gasteiger partial charge in [-0.15, -0.1) is 0 Å². The molecule has 3 rings (SSSR count). The molecule has 1 aliphatic carbocycles. The van der Waals surface area contributed by atoms with Gasteiger partial charge in [-0.3, -0.25) is 4.79 Å². The van der Waals surface area contributed by atoms with Crippen molar-refractivity contribution < 1.29 is 14.6 Å². The van der Waals surface area contributed by atoms with Gasteiger partial charge in [-0.25, -0.2) is 0 Å². The lowest BCUT2D eigenvalue weighted by Gasteiger charge is -2.12. The zero-order chi connectivity index (χ0) is 16.4. The molecule has 0 bridgehead atoms. The standard InChI is InChI=1S/C18H24N2O3/c1-11-12(2)20-17-6-5-14(7-16(11)17)18(22)19-8-15(21)10-23-9-13-3-4-13/h5-7,13,15,20-21H,3-4,8-10H2,1-2H3,(H,19,22). The molecule has 3 N–H and O–H groups in total. The number of rotatable bonds is 7. The highest BCUT2D eigenvalue weighted by Gasteiger charge is 2.21. The highest BCUT2D eigenvalue weighted by molar-refractivity contribution is 5.99. The maximum atomic E-state index is 12.2. The summed E-state index contributed by atoms with van der Waals surface area (Å²) < 4.78 is 5.43. The summed E-state index contributed by atoms with van der Waals surface area (Å²) in [6, 6.07) is 5.60. The summed E-state index contributed by atoms with van der Waals surface area (Å²) in [6.07, 6.45) is 1.79. The summed E-state index contributed by atoms with van der Waals surface area (Å²) in [5.41, 5.74) is 3.90. The van der Waals surface area contributed by atoms with E-state index in [0.717, 1.165) is 22.2 Å². The second kappa shape index (κ2) is 6.72. The second-order valence-electron chi connectivity index (χ2n) is 6.48. The highest BCUT2D eigenvalue weighted by atomic mass is 16.5. The van der Waals surface area contributed by atoms with E-state index in [4.69, 9.17) is 4.74 Å². The molecule has 0 radical (unpaired) electrons. The fourth-order valence-electron chi connectivity index (χ4n) is 2.63. The van der Waals surface area contributed by atoms with E-state index in [9.17, 15) is 9.90 Å². The number of amides is 1. The minimum Gasteiger partial charge on any atom is -0.389 e. The minimum absolute atomic E-state index is 0.175. The van der Waals surface area contributed by atoms with Gasteiger partial charge in [0.25, 0.3) is 5.91 Å². The summed E-state index contributed by atoms with van der Waals surface area (Å²) >= 11 is 0. The van der Waals surface area contributed by atoms with Crippen molar-refractivity contribution in [1.82, 2.24) is 10.3 Å². The first-order valence-corrected chi connectivity index (χ1v) is 8.17. The van der Waals surface area contributed by atoms with Gasteiger partial charge in [-0.2, -0.15) is 0 Å². The average molecular weight is 316 g/mol. The first kappa shape index (κ1) is 16.0. The number of carbonyl (C=O) groups is 1. The molecule has 1 fully saturated rings. The molecule has 1 aliphatic rings. The molecule has 5 nitrogen and oxygen atoms in total. The van der Waals surface area contributed by atoms with Crippen LogP contribution in [0.1, 0.15) is 34.5 Å². The summed E-state index contributed by atoms with van der Waals surface area (Å²) in [4.78, 5) is 15.5. The molecule has 1 aromatic carbocycles. The Kier molecular flexibility index (Phi) is 4.68. The maximum Gasteiger partial charge on any atom is 0.251 e. The van der Waals surface area contributed by atoms with Crippen molar-refractivity contribution in [3.05, 3.63) is 35.0 Å². The zero-order valence-electron chi connectivity index (χ0n) is 13.7. The average Bonchev–Trinajstić information content (AvgIpc) is 3.31. The Balaban J connectivity index is 1.53. The number of aromatic nitrogens is 1. The van der Waals surface area contributed by atoms with Crippen molar-refractivity contribution in [2.45, 2.75) is 32.8 Å². The van der Waals surface area contributed by atoms with Crippen LogP contribution in [0, 0.1) is 19.8 Å². The quantitative estimate of drug-likeness (QED) is 0.734. The third-order valence-electron chi connectivity index (χ3n) is 4.43. The molecule has 1 unspecified atom stereocenters. The number of aromatic amines is 1. The van der Waals surface area contributed by atoms with Gasteiger partial charge in [0, 0.05) is 35.3 Å². The second-order valence-corrected chi connectivity index (χ2v) is 6.48. The van der Waals surface area contributed by atoms with Crippen LogP contribution in [0.3, 0.4) is 0 Å².